The van der Waals surface area contributed by atoms with Gasteiger partial charge >= 0.3 is 0 Å². The van der Waals surface area contributed by atoms with Crippen molar-refractivity contribution in [3.8, 4) is 0 Å². The number of nitrogens with two attached hydrogens (primary N) is 1. The Morgan fingerprint density at radius 1 is 1.38 bits per heavy atom. The van der Waals surface area contributed by atoms with Gasteiger partial charge in [0.15, 0.2) is 9.84 Å². The average molecular weight is 333 g/mol. The number of nitrogens with one attached hydrogen (secondary N) is 2. The molecule has 1 saturated heterocycles. The average Bonchev–Trinajstić information content (AvgIpc) is 2.71. The molecule has 0 radical (unpaired) electrons. The molecule has 118 valence electrons. The van der Waals surface area contributed by atoms with Crippen molar-refractivity contribution in [2.75, 3.05) is 29.1 Å². The lowest BCUT2D eigenvalue weighted by molar-refractivity contribution is 0.583. The lowest BCUT2D eigenvalue weighted by atomic mass is 10.2. The Labute approximate surface area is 124 Å². The molecule has 21 heavy (non-hydrogen) atoms. The van der Waals surface area contributed by atoms with Gasteiger partial charge in [-0.1, -0.05) is 6.92 Å². The first-order valence-corrected chi connectivity index (χ1v) is 9.90. The molecular weight excluding hydrogens is 314 g/mol. The first kappa shape index (κ1) is 16.1. The summed E-state index contributed by atoms with van der Waals surface area (Å²) < 4.78 is 49.2. The van der Waals surface area contributed by atoms with Crippen LogP contribution in [0.1, 0.15) is 13.3 Å². The summed E-state index contributed by atoms with van der Waals surface area (Å²) in [6.45, 7) is 1.98. The van der Waals surface area contributed by atoms with Crippen molar-refractivity contribution in [3.63, 3.8) is 0 Å². The first-order chi connectivity index (χ1) is 9.73. The van der Waals surface area contributed by atoms with E-state index in [-0.39, 0.29) is 29.0 Å². The Morgan fingerprint density at radius 3 is 2.67 bits per heavy atom. The van der Waals surface area contributed by atoms with Gasteiger partial charge in [0.05, 0.1) is 27.8 Å². The number of nitrogen functional groups attached to an aromatic ring is 1. The summed E-state index contributed by atoms with van der Waals surface area (Å²) in [6, 6.07) is 4.10. The molecule has 2 rings (SSSR count). The molecule has 1 aliphatic heterocycles. The molecule has 0 aromatic heterocycles. The fourth-order valence-corrected chi connectivity index (χ4v) is 4.97. The van der Waals surface area contributed by atoms with Crippen LogP contribution < -0.4 is 15.8 Å². The molecule has 0 spiro atoms. The molecule has 1 aromatic rings. The van der Waals surface area contributed by atoms with Gasteiger partial charge in [-0.3, -0.25) is 0 Å². The molecule has 1 aliphatic rings. The van der Waals surface area contributed by atoms with Crippen molar-refractivity contribution < 1.29 is 16.8 Å². The molecule has 1 atom stereocenters. The Balaban J connectivity index is 2.24. The van der Waals surface area contributed by atoms with Gasteiger partial charge in [0, 0.05) is 12.6 Å². The number of benzene rings is 1. The summed E-state index contributed by atoms with van der Waals surface area (Å²) in [6.07, 6.45) is 0.492. The van der Waals surface area contributed by atoms with Crippen LogP contribution >= 0.6 is 0 Å². The van der Waals surface area contributed by atoms with Crippen molar-refractivity contribution in [1.82, 2.24) is 4.72 Å². The maximum absolute atomic E-state index is 12.0. The van der Waals surface area contributed by atoms with Crippen molar-refractivity contribution in [3.05, 3.63) is 18.2 Å². The summed E-state index contributed by atoms with van der Waals surface area (Å²) in [7, 11) is -6.58. The minimum atomic E-state index is -3.57. The lowest BCUT2D eigenvalue weighted by Gasteiger charge is -2.16. The van der Waals surface area contributed by atoms with E-state index >= 15 is 0 Å². The summed E-state index contributed by atoms with van der Waals surface area (Å²) >= 11 is 0. The van der Waals surface area contributed by atoms with Crippen LogP contribution in [0.3, 0.4) is 0 Å². The zero-order valence-corrected chi connectivity index (χ0v) is 13.3. The first-order valence-electron chi connectivity index (χ1n) is 6.59. The van der Waals surface area contributed by atoms with Crippen LogP contribution in [0.25, 0.3) is 0 Å². The van der Waals surface area contributed by atoms with Gasteiger partial charge in [0.2, 0.25) is 10.0 Å². The number of rotatable bonds is 5. The van der Waals surface area contributed by atoms with Crippen LogP contribution in [-0.4, -0.2) is 40.9 Å². The van der Waals surface area contributed by atoms with Crippen LogP contribution in [0.15, 0.2) is 23.1 Å². The zero-order chi connectivity index (χ0) is 15.7. The Hall–Kier alpha value is -1.32. The lowest BCUT2D eigenvalue weighted by Crippen LogP contribution is -2.24. The molecule has 1 fully saturated rings. The maximum atomic E-state index is 12.0. The number of anilines is 2. The molecule has 0 saturated carbocycles. The smallest absolute Gasteiger partial charge is 0.240 e. The molecule has 1 heterocycles. The minimum Gasteiger partial charge on any atom is -0.397 e. The summed E-state index contributed by atoms with van der Waals surface area (Å²) in [5.74, 6) is 0.177. The highest BCUT2D eigenvalue weighted by Crippen LogP contribution is 2.25. The Bertz CT molecular complexity index is 729. The van der Waals surface area contributed by atoms with Gasteiger partial charge in [-0.2, -0.15) is 0 Å². The van der Waals surface area contributed by atoms with Gasteiger partial charge < -0.3 is 11.1 Å². The quantitative estimate of drug-likeness (QED) is 0.661. The van der Waals surface area contributed by atoms with Gasteiger partial charge in [0.25, 0.3) is 0 Å². The maximum Gasteiger partial charge on any atom is 0.240 e. The standard InChI is InChI=1S/C12H19N3O4S2/c1-2-14-21(18,19)10-3-4-11(13)12(7-10)15-9-5-6-20(16,17)8-9/h3-4,7,9,14-15H,2,5-6,8,13H2,1H3. The van der Waals surface area contributed by atoms with E-state index < -0.39 is 19.9 Å². The third-order valence-corrected chi connectivity index (χ3v) is 6.57. The van der Waals surface area contributed by atoms with E-state index in [1.165, 1.54) is 18.2 Å². The van der Waals surface area contributed by atoms with Gasteiger partial charge in [-0.25, -0.2) is 21.6 Å². The predicted octanol–water partition coefficient (Wildman–Crippen LogP) is 0.166. The normalized spacial score (nSPS) is 21.3. The second kappa shape index (κ2) is 5.82. The van der Waals surface area contributed by atoms with Crippen molar-refractivity contribution in [2.24, 2.45) is 0 Å². The fourth-order valence-electron chi connectivity index (χ4n) is 2.23. The molecule has 9 heteroatoms. The van der Waals surface area contributed by atoms with E-state index in [9.17, 15) is 16.8 Å². The van der Waals surface area contributed by atoms with E-state index in [0.717, 1.165) is 0 Å². The monoisotopic (exact) mass is 333 g/mol. The van der Waals surface area contributed by atoms with Gasteiger partial charge in [-0.05, 0) is 24.6 Å². The van der Waals surface area contributed by atoms with E-state index in [1.807, 2.05) is 0 Å². The van der Waals surface area contributed by atoms with E-state index in [2.05, 4.69) is 10.0 Å². The summed E-state index contributed by atoms with van der Waals surface area (Å²) in [5, 5.41) is 3.02. The molecule has 0 bridgehead atoms. The predicted molar refractivity (Wildman–Crippen MR) is 82.4 cm³/mol. The number of sulfonamides is 1. The summed E-state index contributed by atoms with van der Waals surface area (Å²) in [5.41, 5.74) is 6.65. The van der Waals surface area contributed by atoms with Gasteiger partial charge in [0.1, 0.15) is 0 Å². The van der Waals surface area contributed by atoms with Crippen LogP contribution in [0.4, 0.5) is 11.4 Å². The highest BCUT2D eigenvalue weighted by molar-refractivity contribution is 7.91. The molecular formula is C12H19N3O4S2. The number of hydrogen-bond acceptors (Lipinski definition) is 6. The van der Waals surface area contributed by atoms with Gasteiger partial charge in [-0.15, -0.1) is 0 Å². The molecule has 0 amide bonds. The third-order valence-electron chi connectivity index (χ3n) is 3.26. The van der Waals surface area contributed by atoms with Crippen molar-refractivity contribution in [2.45, 2.75) is 24.3 Å². The van der Waals surface area contributed by atoms with Crippen LogP contribution in [0, 0.1) is 0 Å². The third kappa shape index (κ3) is 3.86. The van der Waals surface area contributed by atoms with Crippen LogP contribution in [-0.2, 0) is 19.9 Å². The number of hydrogen-bond donors (Lipinski definition) is 3. The topological polar surface area (TPSA) is 118 Å². The molecule has 4 N–H and O–H groups in total. The molecule has 1 aromatic carbocycles. The fraction of sp³-hybridized carbons (Fsp3) is 0.500. The van der Waals surface area contributed by atoms with E-state index in [0.29, 0.717) is 17.8 Å². The zero-order valence-electron chi connectivity index (χ0n) is 11.7. The second-order valence-corrected chi connectivity index (χ2v) is 8.99. The highest BCUT2D eigenvalue weighted by Gasteiger charge is 2.28. The summed E-state index contributed by atoms with van der Waals surface area (Å²) in [4.78, 5) is 0.0990. The van der Waals surface area contributed by atoms with E-state index in [1.54, 1.807) is 6.92 Å². The molecule has 0 aliphatic carbocycles. The van der Waals surface area contributed by atoms with Crippen LogP contribution in [0.2, 0.25) is 0 Å². The Kier molecular flexibility index (Phi) is 4.45. The van der Waals surface area contributed by atoms with E-state index in [4.69, 9.17) is 5.73 Å². The van der Waals surface area contributed by atoms with Crippen molar-refractivity contribution in [1.29, 1.82) is 0 Å². The second-order valence-electron chi connectivity index (χ2n) is 4.99. The molecule has 7 nitrogen and oxygen atoms in total. The molecule has 1 unspecified atom stereocenters. The SMILES string of the molecule is CCNS(=O)(=O)c1ccc(N)c(NC2CCS(=O)(=O)C2)c1. The van der Waals surface area contributed by atoms with Crippen molar-refractivity contribution >= 4 is 31.2 Å². The largest absolute Gasteiger partial charge is 0.397 e. The van der Waals surface area contributed by atoms with Crippen LogP contribution in [0.5, 0.6) is 0 Å². The Morgan fingerprint density at radius 2 is 2.10 bits per heavy atom. The highest BCUT2D eigenvalue weighted by atomic mass is 32.2. The number of sulfone groups is 1. The minimum absolute atomic E-state index is 0.0383.